The Labute approximate surface area is 117 Å². The lowest BCUT2D eigenvalue weighted by Crippen LogP contribution is -2.10. The molecule has 1 atom stereocenters. The lowest BCUT2D eigenvalue weighted by Gasteiger charge is -2.10. The van der Waals surface area contributed by atoms with E-state index in [1.54, 1.807) is 7.11 Å². The quantitative estimate of drug-likeness (QED) is 0.748. The summed E-state index contributed by atoms with van der Waals surface area (Å²) in [6.07, 6.45) is 0.778. The van der Waals surface area contributed by atoms with Gasteiger partial charge in [-0.1, -0.05) is 34.6 Å². The number of rotatable bonds is 8. The van der Waals surface area contributed by atoms with Crippen molar-refractivity contribution >= 4 is 15.9 Å². The molecule has 3 nitrogen and oxygen atoms in total. The summed E-state index contributed by atoms with van der Waals surface area (Å²) in [7, 11) is 1.64. The average Bonchev–Trinajstić information content (AvgIpc) is 2.34. The number of ether oxygens (including phenoxy) is 2. The number of halogens is 1. The van der Waals surface area contributed by atoms with Crippen molar-refractivity contribution in [2.75, 3.05) is 13.7 Å². The lowest BCUT2D eigenvalue weighted by molar-refractivity contribution is 0.0744. The molecule has 100 valence electrons. The second-order valence-corrected chi connectivity index (χ2v) is 5.19. The molecule has 1 rings (SSSR count). The number of benzene rings is 1. The van der Waals surface area contributed by atoms with E-state index in [-0.39, 0.29) is 0 Å². The molecule has 1 N–H and O–H groups in total. The van der Waals surface area contributed by atoms with E-state index in [2.05, 4.69) is 22.5 Å². The first-order chi connectivity index (χ1) is 8.61. The SMILES string of the molecule is C=C(Br)C[C@@H](O)CCOCc1ccc(OC)cc1. The monoisotopic (exact) mass is 314 g/mol. The van der Waals surface area contributed by atoms with Crippen molar-refractivity contribution in [3.05, 3.63) is 40.9 Å². The van der Waals surface area contributed by atoms with Crippen molar-refractivity contribution in [3.63, 3.8) is 0 Å². The molecule has 0 fully saturated rings. The van der Waals surface area contributed by atoms with Gasteiger partial charge in [-0.05, 0) is 28.6 Å². The van der Waals surface area contributed by atoms with E-state index in [9.17, 15) is 5.11 Å². The fourth-order valence-corrected chi connectivity index (χ4v) is 1.86. The van der Waals surface area contributed by atoms with Gasteiger partial charge in [0.2, 0.25) is 0 Å². The molecule has 4 heteroatoms. The Bertz CT molecular complexity index is 362. The molecule has 0 bridgehead atoms. The van der Waals surface area contributed by atoms with E-state index in [4.69, 9.17) is 9.47 Å². The minimum atomic E-state index is -0.396. The van der Waals surface area contributed by atoms with Crippen molar-refractivity contribution in [2.45, 2.75) is 25.6 Å². The maximum atomic E-state index is 9.60. The maximum absolute atomic E-state index is 9.60. The van der Waals surface area contributed by atoms with Crippen molar-refractivity contribution in [1.29, 1.82) is 0 Å². The van der Waals surface area contributed by atoms with Crippen LogP contribution in [0.5, 0.6) is 5.75 Å². The number of hydrogen-bond acceptors (Lipinski definition) is 3. The second-order valence-electron chi connectivity index (χ2n) is 4.06. The van der Waals surface area contributed by atoms with Gasteiger partial charge in [-0.3, -0.25) is 0 Å². The van der Waals surface area contributed by atoms with Crippen LogP contribution >= 0.6 is 15.9 Å². The average molecular weight is 315 g/mol. The van der Waals surface area contributed by atoms with Gasteiger partial charge >= 0.3 is 0 Å². The smallest absolute Gasteiger partial charge is 0.118 e. The van der Waals surface area contributed by atoms with Gasteiger partial charge in [0.25, 0.3) is 0 Å². The Balaban J connectivity index is 2.19. The second kappa shape index (κ2) is 8.29. The Morgan fingerprint density at radius 2 is 2.06 bits per heavy atom. The largest absolute Gasteiger partial charge is 0.497 e. The van der Waals surface area contributed by atoms with Crippen molar-refractivity contribution < 1.29 is 14.6 Å². The number of aliphatic hydroxyl groups excluding tert-OH is 1. The number of hydrogen-bond donors (Lipinski definition) is 1. The van der Waals surface area contributed by atoms with Crippen molar-refractivity contribution in [1.82, 2.24) is 0 Å². The molecule has 0 radical (unpaired) electrons. The molecular formula is C14H19BrO3. The molecule has 0 heterocycles. The standard InChI is InChI=1S/C14H19BrO3/c1-11(15)9-13(16)7-8-18-10-12-3-5-14(17-2)6-4-12/h3-6,13,16H,1,7-10H2,2H3/t13-/m0/s1. The van der Waals surface area contributed by atoms with Crippen LogP contribution < -0.4 is 4.74 Å². The number of methoxy groups -OCH3 is 1. The van der Waals surface area contributed by atoms with Gasteiger partial charge in [0, 0.05) is 13.0 Å². The van der Waals surface area contributed by atoms with E-state index in [0.29, 0.717) is 26.1 Å². The Kier molecular flexibility index (Phi) is 7.01. The first-order valence-electron chi connectivity index (χ1n) is 5.84. The van der Waals surface area contributed by atoms with Crippen LogP contribution in [0.2, 0.25) is 0 Å². The summed E-state index contributed by atoms with van der Waals surface area (Å²) in [5, 5.41) is 9.60. The molecule has 0 aliphatic carbocycles. The molecule has 0 saturated heterocycles. The summed E-state index contributed by atoms with van der Waals surface area (Å²) in [5.74, 6) is 0.838. The van der Waals surface area contributed by atoms with E-state index >= 15 is 0 Å². The summed E-state index contributed by atoms with van der Waals surface area (Å²) >= 11 is 3.23. The zero-order chi connectivity index (χ0) is 13.4. The summed E-state index contributed by atoms with van der Waals surface area (Å²) < 4.78 is 11.4. The van der Waals surface area contributed by atoms with Crippen molar-refractivity contribution in [3.8, 4) is 5.75 Å². The van der Waals surface area contributed by atoms with Gasteiger partial charge in [-0.25, -0.2) is 0 Å². The van der Waals surface area contributed by atoms with E-state index in [0.717, 1.165) is 15.8 Å². The van der Waals surface area contributed by atoms with Crippen molar-refractivity contribution in [2.24, 2.45) is 0 Å². The van der Waals surface area contributed by atoms with Crippen LogP contribution in [0.15, 0.2) is 35.3 Å². The van der Waals surface area contributed by atoms with Crippen LogP contribution in [-0.4, -0.2) is 24.9 Å². The molecule has 0 spiro atoms. The third-order valence-corrected chi connectivity index (χ3v) is 2.80. The zero-order valence-electron chi connectivity index (χ0n) is 10.6. The summed E-state index contributed by atoms with van der Waals surface area (Å²) in [6.45, 7) is 4.77. The first kappa shape index (κ1) is 15.2. The molecule has 0 saturated carbocycles. The molecule has 0 aliphatic heterocycles. The van der Waals surface area contributed by atoms with Crippen LogP contribution in [0.25, 0.3) is 0 Å². The van der Waals surface area contributed by atoms with Gasteiger partial charge in [-0.2, -0.15) is 0 Å². The normalized spacial score (nSPS) is 12.2. The van der Waals surface area contributed by atoms with Crippen LogP contribution in [0, 0.1) is 0 Å². The Morgan fingerprint density at radius 3 is 2.61 bits per heavy atom. The molecule has 0 amide bonds. The molecule has 1 aromatic rings. The van der Waals surface area contributed by atoms with Crippen LogP contribution in [0.1, 0.15) is 18.4 Å². The minimum absolute atomic E-state index is 0.396. The Morgan fingerprint density at radius 1 is 1.39 bits per heavy atom. The maximum Gasteiger partial charge on any atom is 0.118 e. The van der Waals surface area contributed by atoms with Crippen LogP contribution in [-0.2, 0) is 11.3 Å². The van der Waals surface area contributed by atoms with Gasteiger partial charge in [0.05, 0.1) is 19.8 Å². The highest BCUT2D eigenvalue weighted by Gasteiger charge is 2.04. The van der Waals surface area contributed by atoms with Gasteiger partial charge in [0.1, 0.15) is 5.75 Å². The summed E-state index contributed by atoms with van der Waals surface area (Å²) in [6, 6.07) is 7.75. The molecule has 0 unspecified atom stereocenters. The van der Waals surface area contributed by atoms with Gasteiger partial charge in [-0.15, -0.1) is 0 Å². The highest BCUT2D eigenvalue weighted by molar-refractivity contribution is 9.11. The lowest BCUT2D eigenvalue weighted by atomic mass is 10.2. The van der Waals surface area contributed by atoms with Crippen LogP contribution in [0.3, 0.4) is 0 Å². The summed E-state index contributed by atoms with van der Waals surface area (Å²) in [4.78, 5) is 0. The topological polar surface area (TPSA) is 38.7 Å². The van der Waals surface area contributed by atoms with E-state index in [1.807, 2.05) is 24.3 Å². The van der Waals surface area contributed by atoms with E-state index in [1.165, 1.54) is 0 Å². The fraction of sp³-hybridized carbons (Fsp3) is 0.429. The first-order valence-corrected chi connectivity index (χ1v) is 6.63. The Hall–Kier alpha value is -0.840. The molecule has 0 aliphatic rings. The van der Waals surface area contributed by atoms with E-state index < -0.39 is 6.10 Å². The highest BCUT2D eigenvalue weighted by Crippen LogP contribution is 2.14. The zero-order valence-corrected chi connectivity index (χ0v) is 12.1. The molecule has 0 aromatic heterocycles. The molecular weight excluding hydrogens is 296 g/mol. The van der Waals surface area contributed by atoms with Gasteiger partial charge in [0.15, 0.2) is 0 Å². The molecule has 1 aromatic carbocycles. The third kappa shape index (κ3) is 6.19. The van der Waals surface area contributed by atoms with Crippen LogP contribution in [0.4, 0.5) is 0 Å². The third-order valence-electron chi connectivity index (χ3n) is 2.48. The van der Waals surface area contributed by atoms with Gasteiger partial charge < -0.3 is 14.6 Å². The molecule has 18 heavy (non-hydrogen) atoms. The fourth-order valence-electron chi connectivity index (χ4n) is 1.49. The predicted octanol–water partition coefficient (Wildman–Crippen LogP) is 3.26. The predicted molar refractivity (Wildman–Crippen MR) is 76.0 cm³/mol. The minimum Gasteiger partial charge on any atom is -0.497 e. The summed E-state index contributed by atoms with van der Waals surface area (Å²) in [5.41, 5.74) is 1.09. The number of aliphatic hydroxyl groups is 1. The highest BCUT2D eigenvalue weighted by atomic mass is 79.9.